The maximum Gasteiger partial charge on any atom is 0.255 e. The maximum atomic E-state index is 13.7. The van der Waals surface area contributed by atoms with Gasteiger partial charge in [0.1, 0.15) is 17.6 Å². The predicted octanol–water partition coefficient (Wildman–Crippen LogP) is 3.63. The Hall–Kier alpha value is -2.54. The van der Waals surface area contributed by atoms with Crippen molar-refractivity contribution in [1.29, 1.82) is 0 Å². The number of rotatable bonds is 8. The fourth-order valence-corrected chi connectivity index (χ4v) is 2.94. The molecule has 1 atom stereocenters. The van der Waals surface area contributed by atoms with Gasteiger partial charge in [-0.05, 0) is 55.2 Å². The smallest absolute Gasteiger partial charge is 0.255 e. The van der Waals surface area contributed by atoms with Crippen molar-refractivity contribution in [3.8, 4) is 5.75 Å². The molecule has 2 aromatic carbocycles. The molecular formula is C20H23FN2O3S. The van der Waals surface area contributed by atoms with Gasteiger partial charge in [-0.3, -0.25) is 9.59 Å². The lowest BCUT2D eigenvalue weighted by atomic mass is 10.1. The van der Waals surface area contributed by atoms with Gasteiger partial charge in [0.05, 0.1) is 12.7 Å². The third kappa shape index (κ3) is 5.72. The number of methoxy groups -OCH3 is 1. The number of anilines is 1. The van der Waals surface area contributed by atoms with Crippen molar-refractivity contribution >= 4 is 29.3 Å². The lowest BCUT2D eigenvalue weighted by Crippen LogP contribution is -2.44. The molecule has 0 fully saturated rings. The van der Waals surface area contributed by atoms with E-state index in [1.54, 1.807) is 55.1 Å². The molecule has 0 bridgehead atoms. The summed E-state index contributed by atoms with van der Waals surface area (Å²) in [5, 5.41) is 5.42. The molecule has 7 heteroatoms. The van der Waals surface area contributed by atoms with Gasteiger partial charge in [-0.2, -0.15) is 11.8 Å². The molecule has 2 amide bonds. The van der Waals surface area contributed by atoms with Gasteiger partial charge < -0.3 is 15.4 Å². The van der Waals surface area contributed by atoms with Crippen LogP contribution in [0.2, 0.25) is 0 Å². The average Bonchev–Trinajstić information content (AvgIpc) is 2.67. The molecule has 27 heavy (non-hydrogen) atoms. The predicted molar refractivity (Wildman–Crippen MR) is 107 cm³/mol. The van der Waals surface area contributed by atoms with Crippen LogP contribution in [0.1, 0.15) is 22.3 Å². The van der Waals surface area contributed by atoms with Crippen LogP contribution in [-0.4, -0.2) is 37.0 Å². The molecule has 0 aliphatic carbocycles. The number of halogens is 1. The fraction of sp³-hybridized carbons (Fsp3) is 0.300. The number of benzene rings is 2. The van der Waals surface area contributed by atoms with Gasteiger partial charge >= 0.3 is 0 Å². The van der Waals surface area contributed by atoms with E-state index in [2.05, 4.69) is 10.6 Å². The summed E-state index contributed by atoms with van der Waals surface area (Å²) in [6, 6.07) is 10.5. The first-order valence-corrected chi connectivity index (χ1v) is 9.85. The van der Waals surface area contributed by atoms with E-state index in [1.807, 2.05) is 6.26 Å². The molecule has 0 aliphatic rings. The second-order valence-corrected chi connectivity index (χ2v) is 6.95. The first-order chi connectivity index (χ1) is 13.0. The topological polar surface area (TPSA) is 67.4 Å². The van der Waals surface area contributed by atoms with Gasteiger partial charge in [-0.1, -0.05) is 18.2 Å². The summed E-state index contributed by atoms with van der Waals surface area (Å²) in [5.41, 5.74) is 1.20. The van der Waals surface area contributed by atoms with Crippen LogP contribution in [0.15, 0.2) is 42.5 Å². The maximum absolute atomic E-state index is 13.7. The van der Waals surface area contributed by atoms with Crippen LogP contribution in [0.5, 0.6) is 5.75 Å². The van der Waals surface area contributed by atoms with Crippen LogP contribution in [-0.2, 0) is 4.79 Å². The molecule has 0 unspecified atom stereocenters. The normalized spacial score (nSPS) is 11.6. The van der Waals surface area contributed by atoms with E-state index in [0.717, 1.165) is 0 Å². The van der Waals surface area contributed by atoms with E-state index in [9.17, 15) is 14.0 Å². The van der Waals surface area contributed by atoms with E-state index in [1.165, 1.54) is 13.2 Å². The highest BCUT2D eigenvalue weighted by atomic mass is 32.2. The molecule has 2 aromatic rings. The molecule has 0 aliphatic heterocycles. The highest BCUT2D eigenvalue weighted by molar-refractivity contribution is 7.98. The van der Waals surface area contributed by atoms with Crippen LogP contribution >= 0.6 is 11.8 Å². The van der Waals surface area contributed by atoms with Gasteiger partial charge in [-0.15, -0.1) is 0 Å². The number of carbonyl (C=O) groups is 2. The van der Waals surface area contributed by atoms with Gasteiger partial charge in [0.15, 0.2) is 0 Å². The van der Waals surface area contributed by atoms with E-state index in [-0.39, 0.29) is 0 Å². The first kappa shape index (κ1) is 20.8. The SMILES string of the molecule is COc1ccccc1C(=O)N[C@H](CCSC)C(=O)Nc1ccc(C)c(F)c1. The molecule has 0 aromatic heterocycles. The Kier molecular flexibility index (Phi) is 7.67. The monoisotopic (exact) mass is 390 g/mol. The largest absolute Gasteiger partial charge is 0.496 e. The minimum absolute atomic E-state index is 0.350. The molecule has 2 rings (SSSR count). The Morgan fingerprint density at radius 2 is 1.96 bits per heavy atom. The minimum Gasteiger partial charge on any atom is -0.496 e. The minimum atomic E-state index is -0.751. The Balaban J connectivity index is 2.14. The molecule has 0 saturated carbocycles. The van der Waals surface area contributed by atoms with Crippen molar-refractivity contribution in [3.63, 3.8) is 0 Å². The fourth-order valence-electron chi connectivity index (χ4n) is 2.47. The second kappa shape index (κ2) is 9.97. The van der Waals surface area contributed by atoms with Crippen molar-refractivity contribution in [3.05, 3.63) is 59.4 Å². The number of ether oxygens (including phenoxy) is 1. The van der Waals surface area contributed by atoms with E-state index >= 15 is 0 Å². The van der Waals surface area contributed by atoms with Gasteiger partial charge in [0, 0.05) is 5.69 Å². The first-order valence-electron chi connectivity index (χ1n) is 8.46. The zero-order valence-electron chi connectivity index (χ0n) is 15.5. The molecule has 0 saturated heterocycles. The Bertz CT molecular complexity index is 814. The summed E-state index contributed by atoms with van der Waals surface area (Å²) in [6.45, 7) is 1.65. The summed E-state index contributed by atoms with van der Waals surface area (Å²) in [4.78, 5) is 25.3. The number of para-hydroxylation sites is 1. The van der Waals surface area contributed by atoms with Crippen molar-refractivity contribution in [2.24, 2.45) is 0 Å². The molecule has 144 valence electrons. The highest BCUT2D eigenvalue weighted by Crippen LogP contribution is 2.18. The number of nitrogens with one attached hydrogen (secondary N) is 2. The number of amides is 2. The number of aryl methyl sites for hydroxylation is 1. The summed E-state index contributed by atoms with van der Waals surface area (Å²) < 4.78 is 18.9. The van der Waals surface area contributed by atoms with Gasteiger partial charge in [-0.25, -0.2) is 4.39 Å². The van der Waals surface area contributed by atoms with Crippen LogP contribution in [0.4, 0.5) is 10.1 Å². The molecule has 2 N–H and O–H groups in total. The van der Waals surface area contributed by atoms with Crippen LogP contribution in [0.3, 0.4) is 0 Å². The number of hydrogen-bond acceptors (Lipinski definition) is 4. The standard InChI is InChI=1S/C20H23FN2O3S/c1-13-8-9-14(12-16(13)21)22-20(25)17(10-11-27-3)23-19(24)15-6-4-5-7-18(15)26-2/h4-9,12,17H,10-11H2,1-3H3,(H,22,25)(H,23,24)/t17-/m1/s1. The van der Waals surface area contributed by atoms with Gasteiger partial charge in [0.2, 0.25) is 5.91 Å². The Morgan fingerprint density at radius 3 is 2.63 bits per heavy atom. The summed E-state index contributed by atoms with van der Waals surface area (Å²) in [6.07, 6.45) is 2.37. The van der Waals surface area contributed by atoms with E-state index < -0.39 is 23.7 Å². The zero-order valence-corrected chi connectivity index (χ0v) is 16.4. The quantitative estimate of drug-likeness (QED) is 0.722. The number of hydrogen-bond donors (Lipinski definition) is 2. The third-order valence-corrected chi connectivity index (χ3v) is 4.67. The summed E-state index contributed by atoms with van der Waals surface area (Å²) in [7, 11) is 1.48. The lowest BCUT2D eigenvalue weighted by Gasteiger charge is -2.19. The van der Waals surface area contributed by atoms with Crippen LogP contribution in [0.25, 0.3) is 0 Å². The van der Waals surface area contributed by atoms with Crippen LogP contribution in [0, 0.1) is 12.7 Å². The van der Waals surface area contributed by atoms with Gasteiger partial charge in [0.25, 0.3) is 5.91 Å². The number of carbonyl (C=O) groups excluding carboxylic acids is 2. The molecule has 0 spiro atoms. The molecule has 0 radical (unpaired) electrons. The van der Waals surface area contributed by atoms with Crippen molar-refractivity contribution in [2.75, 3.05) is 24.4 Å². The number of thioether (sulfide) groups is 1. The van der Waals surface area contributed by atoms with Crippen LogP contribution < -0.4 is 15.4 Å². The highest BCUT2D eigenvalue weighted by Gasteiger charge is 2.23. The lowest BCUT2D eigenvalue weighted by molar-refractivity contribution is -0.118. The zero-order chi connectivity index (χ0) is 19.8. The summed E-state index contributed by atoms with van der Waals surface area (Å²) >= 11 is 1.57. The third-order valence-electron chi connectivity index (χ3n) is 4.02. The summed E-state index contributed by atoms with van der Waals surface area (Å²) in [5.74, 6) is -0.0717. The van der Waals surface area contributed by atoms with E-state index in [4.69, 9.17) is 4.74 Å². The Morgan fingerprint density at radius 1 is 1.22 bits per heavy atom. The van der Waals surface area contributed by atoms with Crippen molar-refractivity contribution in [1.82, 2.24) is 5.32 Å². The van der Waals surface area contributed by atoms with Crippen molar-refractivity contribution < 1.29 is 18.7 Å². The Labute approximate surface area is 162 Å². The molecule has 5 nitrogen and oxygen atoms in total. The molecule has 0 heterocycles. The van der Waals surface area contributed by atoms with E-state index in [0.29, 0.717) is 34.7 Å². The molecular weight excluding hydrogens is 367 g/mol. The van der Waals surface area contributed by atoms with Crippen molar-refractivity contribution in [2.45, 2.75) is 19.4 Å². The second-order valence-electron chi connectivity index (χ2n) is 5.96. The average molecular weight is 390 g/mol.